The number of hydrazine groups is 1. The van der Waals surface area contributed by atoms with E-state index in [-0.39, 0.29) is 21.9 Å². The van der Waals surface area contributed by atoms with Gasteiger partial charge in [0.1, 0.15) is 0 Å². The van der Waals surface area contributed by atoms with Crippen molar-refractivity contribution in [3.8, 4) is 0 Å². The van der Waals surface area contributed by atoms with Gasteiger partial charge in [-0.2, -0.15) is 4.31 Å². The molecular weight excluding hydrogens is 508 g/mol. The van der Waals surface area contributed by atoms with Crippen LogP contribution in [0.5, 0.6) is 0 Å². The molecule has 1 heterocycles. The summed E-state index contributed by atoms with van der Waals surface area (Å²) >= 11 is 1.14. The lowest BCUT2D eigenvalue weighted by atomic mass is 10.2. The van der Waals surface area contributed by atoms with Crippen molar-refractivity contribution in [2.45, 2.75) is 37.4 Å². The summed E-state index contributed by atoms with van der Waals surface area (Å²) < 4.78 is 29.0. The molecule has 0 unspecified atom stereocenters. The third kappa shape index (κ3) is 5.83. The van der Waals surface area contributed by atoms with E-state index >= 15 is 0 Å². The normalized spacial score (nSPS) is 11.6. The summed E-state index contributed by atoms with van der Waals surface area (Å²) in [4.78, 5) is 39.3. The van der Waals surface area contributed by atoms with Crippen molar-refractivity contribution in [3.05, 3.63) is 58.1 Å². The van der Waals surface area contributed by atoms with Gasteiger partial charge < -0.3 is 4.57 Å². The van der Waals surface area contributed by atoms with E-state index in [1.54, 1.807) is 26.0 Å². The zero-order valence-corrected chi connectivity index (χ0v) is 21.6. The van der Waals surface area contributed by atoms with Crippen LogP contribution >= 0.6 is 11.8 Å². The second-order valence-electron chi connectivity index (χ2n) is 7.47. The molecule has 0 spiro atoms. The fourth-order valence-electron chi connectivity index (χ4n) is 3.48. The number of nitro benzene ring substituents is 1. The van der Waals surface area contributed by atoms with Gasteiger partial charge in [-0.15, -0.1) is 0 Å². The van der Waals surface area contributed by atoms with Crippen LogP contribution in [0.2, 0.25) is 0 Å². The number of thioether (sulfide) groups is 1. The predicted octanol–water partition coefficient (Wildman–Crippen LogP) is 2.55. The molecule has 12 nitrogen and oxygen atoms in total. The molecule has 0 aliphatic rings. The predicted molar refractivity (Wildman–Crippen MR) is 135 cm³/mol. The number of sulfonamides is 1. The van der Waals surface area contributed by atoms with E-state index in [1.807, 2.05) is 11.5 Å². The first-order valence-electron chi connectivity index (χ1n) is 11.1. The summed E-state index contributed by atoms with van der Waals surface area (Å²) in [5.74, 6) is -1.17. The van der Waals surface area contributed by atoms with Crippen LogP contribution in [0.1, 0.15) is 31.1 Å². The first-order chi connectivity index (χ1) is 17.1. The number of carbonyl (C=O) groups is 2. The second kappa shape index (κ2) is 11.5. The van der Waals surface area contributed by atoms with Gasteiger partial charge in [0.15, 0.2) is 5.16 Å². The molecule has 0 bridgehead atoms. The topological polar surface area (TPSA) is 157 Å². The van der Waals surface area contributed by atoms with E-state index < -0.39 is 26.8 Å². The monoisotopic (exact) mass is 534 g/mol. The Bertz CT molecular complexity index is 1380. The Morgan fingerprint density at radius 3 is 2.33 bits per heavy atom. The van der Waals surface area contributed by atoms with Crippen molar-refractivity contribution >= 4 is 50.3 Å². The number of imidazole rings is 1. The van der Waals surface area contributed by atoms with Crippen molar-refractivity contribution in [3.63, 3.8) is 0 Å². The quantitative estimate of drug-likeness (QED) is 0.228. The Morgan fingerprint density at radius 2 is 1.75 bits per heavy atom. The van der Waals surface area contributed by atoms with Gasteiger partial charge in [0.05, 0.1) is 26.6 Å². The fourth-order valence-corrected chi connectivity index (χ4v) is 5.83. The highest BCUT2D eigenvalue weighted by Crippen LogP contribution is 2.27. The highest BCUT2D eigenvalue weighted by molar-refractivity contribution is 7.99. The molecular formula is C22H26N6O6S2. The lowest BCUT2D eigenvalue weighted by Gasteiger charge is -2.18. The molecule has 1 aromatic heterocycles. The average Bonchev–Trinajstić information content (AvgIpc) is 3.23. The molecule has 0 aliphatic carbocycles. The largest absolute Gasteiger partial charge is 0.319 e. The van der Waals surface area contributed by atoms with Crippen molar-refractivity contribution in [1.82, 2.24) is 24.7 Å². The molecule has 2 N–H and O–H groups in total. The third-order valence-corrected chi connectivity index (χ3v) is 8.35. The molecule has 14 heteroatoms. The highest BCUT2D eigenvalue weighted by atomic mass is 32.2. The van der Waals surface area contributed by atoms with Gasteiger partial charge in [0, 0.05) is 37.3 Å². The first-order valence-corrected chi connectivity index (χ1v) is 13.5. The Morgan fingerprint density at radius 1 is 1.08 bits per heavy atom. The van der Waals surface area contributed by atoms with Crippen LogP contribution in [-0.4, -0.2) is 57.9 Å². The lowest BCUT2D eigenvalue weighted by molar-refractivity contribution is -0.384. The van der Waals surface area contributed by atoms with E-state index in [4.69, 9.17) is 0 Å². The zero-order valence-electron chi connectivity index (χ0n) is 19.9. The molecule has 2 aromatic carbocycles. The van der Waals surface area contributed by atoms with Crippen LogP contribution in [0.15, 0.2) is 52.5 Å². The average molecular weight is 535 g/mol. The molecule has 0 radical (unpaired) electrons. The molecule has 2 amide bonds. The summed E-state index contributed by atoms with van der Waals surface area (Å²) in [5.41, 5.74) is 5.80. The number of carbonyl (C=O) groups excluding carboxylic acids is 2. The van der Waals surface area contributed by atoms with Crippen LogP contribution in [0.4, 0.5) is 5.69 Å². The minimum absolute atomic E-state index is 0.0610. The standard InChI is InChI=1S/C22H26N6O6S2/c1-4-26(5-2)36(33,34)17-11-12-19-18(13-17)23-22(27(19)6-3)35-14-20(29)24-25-21(30)15-7-9-16(10-8-15)28(31)32/h7-13H,4-6,14H2,1-3H3,(H,24,29)(H,25,30). The molecule has 0 fully saturated rings. The number of nitrogens with zero attached hydrogens (tertiary/aromatic N) is 4. The zero-order chi connectivity index (χ0) is 26.5. The van der Waals surface area contributed by atoms with Gasteiger partial charge in [-0.05, 0) is 37.3 Å². The number of aryl methyl sites for hydroxylation is 1. The number of non-ortho nitro benzene ring substituents is 1. The SMILES string of the molecule is CCN(CC)S(=O)(=O)c1ccc2c(c1)nc(SCC(=O)NNC(=O)c1ccc([N+](=O)[O-])cc1)n2CC. The van der Waals surface area contributed by atoms with E-state index in [9.17, 15) is 28.1 Å². The molecule has 3 rings (SSSR count). The number of hydrogen-bond acceptors (Lipinski definition) is 8. The molecule has 3 aromatic rings. The number of fused-ring (bicyclic) bond motifs is 1. The number of amides is 2. The second-order valence-corrected chi connectivity index (χ2v) is 10.4. The van der Waals surface area contributed by atoms with Crippen molar-refractivity contribution < 1.29 is 22.9 Å². The van der Waals surface area contributed by atoms with Gasteiger partial charge in [-0.1, -0.05) is 25.6 Å². The Hall–Kier alpha value is -3.49. The molecule has 36 heavy (non-hydrogen) atoms. The third-order valence-electron chi connectivity index (χ3n) is 5.33. The number of rotatable bonds is 10. The number of benzene rings is 2. The molecule has 0 atom stereocenters. The van der Waals surface area contributed by atoms with Crippen molar-refractivity contribution in [1.29, 1.82) is 0 Å². The number of nitro groups is 1. The van der Waals surface area contributed by atoms with Gasteiger partial charge in [0.2, 0.25) is 15.9 Å². The number of aromatic nitrogens is 2. The van der Waals surface area contributed by atoms with Gasteiger partial charge in [-0.3, -0.25) is 30.6 Å². The maximum Gasteiger partial charge on any atom is 0.269 e. The minimum atomic E-state index is -3.63. The van der Waals surface area contributed by atoms with E-state index in [0.29, 0.717) is 30.3 Å². The Labute approximate surface area is 212 Å². The Kier molecular flexibility index (Phi) is 8.66. The summed E-state index contributed by atoms with van der Waals surface area (Å²) in [6, 6.07) is 9.75. The maximum atomic E-state index is 12.9. The fraction of sp³-hybridized carbons (Fsp3) is 0.318. The number of hydrogen-bond donors (Lipinski definition) is 2. The van der Waals surface area contributed by atoms with Crippen LogP contribution in [0.3, 0.4) is 0 Å². The summed E-state index contributed by atoms with van der Waals surface area (Å²) in [6.07, 6.45) is 0. The van der Waals surface area contributed by atoms with Crippen LogP contribution in [-0.2, 0) is 21.4 Å². The highest BCUT2D eigenvalue weighted by Gasteiger charge is 2.23. The van der Waals surface area contributed by atoms with Gasteiger partial charge in [-0.25, -0.2) is 13.4 Å². The molecule has 0 saturated carbocycles. The molecule has 0 saturated heterocycles. The van der Waals surface area contributed by atoms with Crippen LogP contribution in [0.25, 0.3) is 11.0 Å². The first kappa shape index (κ1) is 27.1. The summed E-state index contributed by atoms with van der Waals surface area (Å²) in [6.45, 7) is 6.74. The van der Waals surface area contributed by atoms with E-state index in [0.717, 1.165) is 17.3 Å². The van der Waals surface area contributed by atoms with Gasteiger partial charge >= 0.3 is 0 Å². The van der Waals surface area contributed by atoms with Crippen molar-refractivity contribution in [2.24, 2.45) is 0 Å². The van der Waals surface area contributed by atoms with E-state index in [1.165, 1.54) is 34.6 Å². The molecule has 192 valence electrons. The lowest BCUT2D eigenvalue weighted by Crippen LogP contribution is -2.42. The summed E-state index contributed by atoms with van der Waals surface area (Å²) in [5, 5.41) is 11.2. The van der Waals surface area contributed by atoms with Crippen LogP contribution < -0.4 is 10.9 Å². The minimum Gasteiger partial charge on any atom is -0.319 e. The van der Waals surface area contributed by atoms with Crippen molar-refractivity contribution in [2.75, 3.05) is 18.8 Å². The van der Waals surface area contributed by atoms with Gasteiger partial charge in [0.25, 0.3) is 11.6 Å². The van der Waals surface area contributed by atoms with E-state index in [2.05, 4.69) is 15.8 Å². The maximum absolute atomic E-state index is 12.9. The summed E-state index contributed by atoms with van der Waals surface area (Å²) in [7, 11) is -3.63. The number of nitrogens with one attached hydrogen (secondary N) is 2. The smallest absolute Gasteiger partial charge is 0.269 e. The van der Waals surface area contributed by atoms with Crippen LogP contribution in [0, 0.1) is 10.1 Å². The molecule has 0 aliphatic heterocycles. The Balaban J connectivity index is 1.67.